The number of carboxylic acid groups (broad SMARTS) is 1. The minimum atomic E-state index is -0.791. The fraction of sp³-hybridized carbons (Fsp3) is 0.846. The molecule has 0 bridgehead atoms. The van der Waals surface area contributed by atoms with Crippen LogP contribution in [0.3, 0.4) is 0 Å². The number of carbonyl (C=O) groups excluding carboxylic acids is 1. The van der Waals surface area contributed by atoms with Crippen LogP contribution in [0.15, 0.2) is 0 Å². The Kier molecular flexibility index (Phi) is 8.46. The largest absolute Gasteiger partial charge is 0.481 e. The van der Waals surface area contributed by atoms with Crippen LogP contribution in [0.2, 0.25) is 0 Å². The zero-order chi connectivity index (χ0) is 13.3. The van der Waals surface area contributed by atoms with E-state index >= 15 is 0 Å². The van der Waals surface area contributed by atoms with Crippen LogP contribution in [-0.4, -0.2) is 23.1 Å². The lowest BCUT2D eigenvalue weighted by Gasteiger charge is -2.25. The van der Waals surface area contributed by atoms with E-state index in [4.69, 9.17) is 9.84 Å². The van der Waals surface area contributed by atoms with Gasteiger partial charge in [-0.25, -0.2) is 0 Å². The summed E-state index contributed by atoms with van der Waals surface area (Å²) < 4.78 is 5.31. The van der Waals surface area contributed by atoms with E-state index in [1.807, 2.05) is 6.92 Å². The summed E-state index contributed by atoms with van der Waals surface area (Å²) in [5.74, 6) is -0.915. The first kappa shape index (κ1) is 15.9. The Morgan fingerprint density at radius 1 is 1.24 bits per heavy atom. The SMILES string of the molecule is CCCCC(OC(C)=O)C(CC)CCC(=O)O. The predicted molar refractivity (Wildman–Crippen MR) is 65.7 cm³/mol. The second kappa shape index (κ2) is 9.02. The molecule has 0 heterocycles. The second-order valence-corrected chi connectivity index (χ2v) is 4.39. The molecule has 100 valence electrons. The van der Waals surface area contributed by atoms with Crippen molar-refractivity contribution in [2.45, 2.75) is 65.4 Å². The molecule has 0 rings (SSSR count). The number of ether oxygens (including phenoxy) is 1. The molecule has 17 heavy (non-hydrogen) atoms. The summed E-state index contributed by atoms with van der Waals surface area (Å²) in [5, 5.41) is 8.69. The molecule has 0 aliphatic heterocycles. The van der Waals surface area contributed by atoms with Crippen molar-refractivity contribution in [3.63, 3.8) is 0 Å². The molecule has 0 spiro atoms. The first-order chi connectivity index (χ1) is 8.01. The van der Waals surface area contributed by atoms with Gasteiger partial charge in [0.15, 0.2) is 0 Å². The summed E-state index contributed by atoms with van der Waals surface area (Å²) in [6.07, 6.45) is 4.31. The number of hydrogen-bond donors (Lipinski definition) is 1. The topological polar surface area (TPSA) is 63.6 Å². The van der Waals surface area contributed by atoms with Crippen molar-refractivity contribution in [2.75, 3.05) is 0 Å². The Bertz CT molecular complexity index is 238. The lowest BCUT2D eigenvalue weighted by atomic mass is 9.91. The molecule has 0 radical (unpaired) electrons. The number of hydrogen-bond acceptors (Lipinski definition) is 3. The Morgan fingerprint density at radius 3 is 2.29 bits per heavy atom. The van der Waals surface area contributed by atoms with Gasteiger partial charge >= 0.3 is 11.9 Å². The summed E-state index contributed by atoms with van der Waals surface area (Å²) in [4.78, 5) is 21.6. The van der Waals surface area contributed by atoms with Crippen molar-refractivity contribution in [2.24, 2.45) is 5.92 Å². The van der Waals surface area contributed by atoms with E-state index in [-0.39, 0.29) is 24.4 Å². The lowest BCUT2D eigenvalue weighted by Crippen LogP contribution is -2.26. The number of carboxylic acids is 1. The van der Waals surface area contributed by atoms with Gasteiger partial charge in [-0.1, -0.05) is 26.7 Å². The van der Waals surface area contributed by atoms with E-state index in [0.29, 0.717) is 6.42 Å². The zero-order valence-electron chi connectivity index (χ0n) is 11.1. The van der Waals surface area contributed by atoms with Gasteiger partial charge in [0.05, 0.1) is 0 Å². The van der Waals surface area contributed by atoms with Gasteiger partial charge in [-0.2, -0.15) is 0 Å². The number of aliphatic carboxylic acids is 1. The van der Waals surface area contributed by atoms with E-state index in [0.717, 1.165) is 25.7 Å². The Morgan fingerprint density at radius 2 is 1.88 bits per heavy atom. The van der Waals surface area contributed by atoms with Gasteiger partial charge in [0.25, 0.3) is 0 Å². The van der Waals surface area contributed by atoms with Crippen LogP contribution in [-0.2, 0) is 14.3 Å². The molecule has 0 aliphatic rings. The van der Waals surface area contributed by atoms with E-state index in [1.54, 1.807) is 0 Å². The number of esters is 1. The fourth-order valence-corrected chi connectivity index (χ4v) is 1.97. The maximum Gasteiger partial charge on any atom is 0.303 e. The summed E-state index contributed by atoms with van der Waals surface area (Å²) in [5.41, 5.74) is 0. The molecule has 0 fully saturated rings. The van der Waals surface area contributed by atoms with Crippen molar-refractivity contribution in [1.29, 1.82) is 0 Å². The molecule has 0 aliphatic carbocycles. The van der Waals surface area contributed by atoms with Crippen LogP contribution in [0.4, 0.5) is 0 Å². The third-order valence-electron chi connectivity index (χ3n) is 2.94. The molecule has 0 saturated carbocycles. The first-order valence-electron chi connectivity index (χ1n) is 6.40. The minimum absolute atomic E-state index is 0.128. The molecule has 2 unspecified atom stereocenters. The average Bonchev–Trinajstić information content (AvgIpc) is 2.25. The van der Waals surface area contributed by atoms with Crippen LogP contribution in [0.1, 0.15) is 59.3 Å². The average molecular weight is 244 g/mol. The van der Waals surface area contributed by atoms with Gasteiger partial charge < -0.3 is 9.84 Å². The van der Waals surface area contributed by atoms with Crippen molar-refractivity contribution in [3.8, 4) is 0 Å². The Hall–Kier alpha value is -1.06. The van der Waals surface area contributed by atoms with Gasteiger partial charge in [0, 0.05) is 13.3 Å². The van der Waals surface area contributed by atoms with Crippen LogP contribution in [0, 0.1) is 5.92 Å². The quantitative estimate of drug-likeness (QED) is 0.633. The van der Waals surface area contributed by atoms with Crippen LogP contribution in [0.5, 0.6) is 0 Å². The smallest absolute Gasteiger partial charge is 0.303 e. The monoisotopic (exact) mass is 244 g/mol. The molecule has 0 amide bonds. The van der Waals surface area contributed by atoms with Crippen LogP contribution < -0.4 is 0 Å². The van der Waals surface area contributed by atoms with Crippen molar-refractivity contribution in [1.82, 2.24) is 0 Å². The number of unbranched alkanes of at least 4 members (excludes halogenated alkanes) is 1. The highest BCUT2D eigenvalue weighted by atomic mass is 16.5. The molecule has 2 atom stereocenters. The fourth-order valence-electron chi connectivity index (χ4n) is 1.97. The van der Waals surface area contributed by atoms with Crippen LogP contribution in [0.25, 0.3) is 0 Å². The standard InChI is InChI=1S/C13H24O4/c1-4-6-7-12(17-10(3)14)11(5-2)8-9-13(15)16/h11-12H,4-9H2,1-3H3,(H,15,16). The molecule has 1 N–H and O–H groups in total. The van der Waals surface area contributed by atoms with Gasteiger partial charge in [-0.3, -0.25) is 9.59 Å². The molecule has 4 heteroatoms. The third kappa shape index (κ3) is 7.77. The molecular weight excluding hydrogens is 220 g/mol. The normalized spacial score (nSPS) is 14.1. The number of rotatable bonds is 9. The van der Waals surface area contributed by atoms with E-state index < -0.39 is 5.97 Å². The van der Waals surface area contributed by atoms with E-state index in [2.05, 4.69) is 6.92 Å². The second-order valence-electron chi connectivity index (χ2n) is 4.39. The molecule has 0 aromatic heterocycles. The van der Waals surface area contributed by atoms with Gasteiger partial charge in [-0.15, -0.1) is 0 Å². The Balaban J connectivity index is 4.36. The van der Waals surface area contributed by atoms with Crippen molar-refractivity contribution >= 4 is 11.9 Å². The highest BCUT2D eigenvalue weighted by Crippen LogP contribution is 2.23. The van der Waals surface area contributed by atoms with Gasteiger partial charge in [0.2, 0.25) is 0 Å². The van der Waals surface area contributed by atoms with E-state index in [1.165, 1.54) is 6.92 Å². The maximum absolute atomic E-state index is 11.0. The zero-order valence-corrected chi connectivity index (χ0v) is 11.1. The highest BCUT2D eigenvalue weighted by molar-refractivity contribution is 5.67. The molecule has 0 aromatic rings. The lowest BCUT2D eigenvalue weighted by molar-refractivity contribution is -0.150. The molecule has 4 nitrogen and oxygen atoms in total. The minimum Gasteiger partial charge on any atom is -0.481 e. The highest BCUT2D eigenvalue weighted by Gasteiger charge is 2.22. The summed E-state index contributed by atoms with van der Waals surface area (Å²) in [7, 11) is 0. The summed E-state index contributed by atoms with van der Waals surface area (Å²) in [6, 6.07) is 0. The third-order valence-corrected chi connectivity index (χ3v) is 2.94. The predicted octanol–water partition coefficient (Wildman–Crippen LogP) is 3.00. The molecule has 0 saturated heterocycles. The summed E-state index contributed by atoms with van der Waals surface area (Å²) >= 11 is 0. The van der Waals surface area contributed by atoms with Gasteiger partial charge in [-0.05, 0) is 25.2 Å². The first-order valence-corrected chi connectivity index (χ1v) is 6.40. The van der Waals surface area contributed by atoms with Gasteiger partial charge in [0.1, 0.15) is 6.10 Å². The number of carbonyl (C=O) groups is 2. The van der Waals surface area contributed by atoms with Crippen molar-refractivity contribution in [3.05, 3.63) is 0 Å². The van der Waals surface area contributed by atoms with E-state index in [9.17, 15) is 9.59 Å². The summed E-state index contributed by atoms with van der Waals surface area (Å²) in [6.45, 7) is 5.50. The van der Waals surface area contributed by atoms with Crippen molar-refractivity contribution < 1.29 is 19.4 Å². The maximum atomic E-state index is 11.0. The molecular formula is C13H24O4. The van der Waals surface area contributed by atoms with Crippen LogP contribution >= 0.6 is 0 Å². The Labute approximate surface area is 103 Å². The molecule has 0 aromatic carbocycles.